The van der Waals surface area contributed by atoms with Gasteiger partial charge in [0.15, 0.2) is 6.29 Å². The van der Waals surface area contributed by atoms with Gasteiger partial charge in [0.2, 0.25) is 0 Å². The molecule has 1 heterocycles. The van der Waals surface area contributed by atoms with Crippen molar-refractivity contribution in [1.82, 2.24) is 15.0 Å². The molecule has 1 aromatic carbocycles. The lowest BCUT2D eigenvalue weighted by atomic mass is 10.3. The van der Waals surface area contributed by atoms with Crippen molar-refractivity contribution in [2.75, 3.05) is 0 Å². The lowest BCUT2D eigenvalue weighted by Gasteiger charge is -2.05. The van der Waals surface area contributed by atoms with E-state index in [2.05, 4.69) is 10.2 Å². The van der Waals surface area contributed by atoms with Crippen LogP contribution in [-0.4, -0.2) is 21.3 Å². The van der Waals surface area contributed by atoms with E-state index in [1.54, 1.807) is 0 Å². The van der Waals surface area contributed by atoms with Gasteiger partial charge in [0.05, 0.1) is 16.2 Å². The number of hydrogen-bond donors (Lipinski definition) is 0. The average Bonchev–Trinajstić information content (AvgIpc) is 2.64. The van der Waals surface area contributed by atoms with Crippen molar-refractivity contribution in [1.29, 1.82) is 0 Å². The standard InChI is InChI=1S/C9H4Cl3N3O/c10-5-1-7(11)9(8(12)2-5)15-13-3-6(4-16)14-15/h1-4H. The minimum Gasteiger partial charge on any atom is -0.296 e. The van der Waals surface area contributed by atoms with Gasteiger partial charge in [-0.05, 0) is 12.1 Å². The fourth-order valence-corrected chi connectivity index (χ4v) is 2.13. The Bertz CT molecular complexity index is 530. The van der Waals surface area contributed by atoms with Crippen molar-refractivity contribution in [3.8, 4) is 5.69 Å². The summed E-state index contributed by atoms with van der Waals surface area (Å²) in [6.07, 6.45) is 1.90. The van der Waals surface area contributed by atoms with Crippen LogP contribution < -0.4 is 0 Å². The average molecular weight is 277 g/mol. The second-order valence-electron chi connectivity index (χ2n) is 2.89. The van der Waals surface area contributed by atoms with E-state index in [-0.39, 0.29) is 5.69 Å². The zero-order valence-electron chi connectivity index (χ0n) is 7.69. The molecule has 0 bridgehead atoms. The van der Waals surface area contributed by atoms with Crippen LogP contribution in [0.1, 0.15) is 10.5 Å². The molecule has 0 saturated carbocycles. The van der Waals surface area contributed by atoms with Crippen LogP contribution in [0.4, 0.5) is 0 Å². The molecule has 0 N–H and O–H groups in total. The molecule has 0 fully saturated rings. The Balaban J connectivity index is 2.59. The van der Waals surface area contributed by atoms with E-state index >= 15 is 0 Å². The largest absolute Gasteiger partial charge is 0.296 e. The molecule has 1 aromatic heterocycles. The first-order chi connectivity index (χ1) is 7.61. The maximum absolute atomic E-state index is 10.5. The number of hydrogen-bond acceptors (Lipinski definition) is 3. The van der Waals surface area contributed by atoms with Crippen LogP contribution in [0, 0.1) is 0 Å². The number of carbonyl (C=O) groups excluding carboxylic acids is 1. The molecule has 4 nitrogen and oxygen atoms in total. The third-order valence-electron chi connectivity index (χ3n) is 1.81. The normalized spacial score (nSPS) is 10.4. The van der Waals surface area contributed by atoms with E-state index in [0.29, 0.717) is 27.0 Å². The maximum Gasteiger partial charge on any atom is 0.171 e. The minimum atomic E-state index is 0.196. The smallest absolute Gasteiger partial charge is 0.171 e. The minimum absolute atomic E-state index is 0.196. The van der Waals surface area contributed by atoms with E-state index in [1.165, 1.54) is 23.1 Å². The van der Waals surface area contributed by atoms with Gasteiger partial charge in [-0.15, -0.1) is 9.90 Å². The van der Waals surface area contributed by atoms with E-state index in [9.17, 15) is 4.79 Å². The van der Waals surface area contributed by atoms with Gasteiger partial charge in [-0.3, -0.25) is 4.79 Å². The van der Waals surface area contributed by atoms with Gasteiger partial charge < -0.3 is 0 Å². The summed E-state index contributed by atoms with van der Waals surface area (Å²) in [6.45, 7) is 0. The third kappa shape index (κ3) is 2.04. The Morgan fingerprint density at radius 2 is 1.81 bits per heavy atom. The first-order valence-electron chi connectivity index (χ1n) is 4.14. The van der Waals surface area contributed by atoms with Gasteiger partial charge in [0.1, 0.15) is 11.4 Å². The molecule has 0 radical (unpaired) electrons. The monoisotopic (exact) mass is 275 g/mol. The second kappa shape index (κ2) is 4.41. The summed E-state index contributed by atoms with van der Waals surface area (Å²) in [5, 5.41) is 8.79. The van der Waals surface area contributed by atoms with Crippen molar-refractivity contribution in [3.05, 3.63) is 39.1 Å². The van der Waals surface area contributed by atoms with E-state index < -0.39 is 0 Å². The molecule has 82 valence electrons. The van der Waals surface area contributed by atoms with Crippen molar-refractivity contribution in [2.24, 2.45) is 0 Å². The fourth-order valence-electron chi connectivity index (χ4n) is 1.16. The number of aromatic nitrogens is 3. The Labute approximate surface area is 106 Å². The van der Waals surface area contributed by atoms with E-state index in [0.717, 1.165) is 0 Å². The molecular formula is C9H4Cl3N3O. The topological polar surface area (TPSA) is 47.8 Å². The number of benzene rings is 1. The summed E-state index contributed by atoms with van der Waals surface area (Å²) in [4.78, 5) is 11.7. The van der Waals surface area contributed by atoms with Crippen LogP contribution in [0.5, 0.6) is 0 Å². The molecule has 0 amide bonds. The Hall–Kier alpha value is -1.10. The van der Waals surface area contributed by atoms with Gasteiger partial charge in [-0.2, -0.15) is 5.10 Å². The Kier molecular flexibility index (Phi) is 3.14. The third-order valence-corrected chi connectivity index (χ3v) is 2.61. The quantitative estimate of drug-likeness (QED) is 0.792. The van der Waals surface area contributed by atoms with Gasteiger partial charge >= 0.3 is 0 Å². The number of halogens is 3. The highest BCUT2D eigenvalue weighted by atomic mass is 35.5. The summed E-state index contributed by atoms with van der Waals surface area (Å²) in [5.41, 5.74) is 0.586. The van der Waals surface area contributed by atoms with Gasteiger partial charge in [-0.25, -0.2) is 0 Å². The predicted octanol–water partition coefficient (Wildman–Crippen LogP) is 3.04. The van der Waals surface area contributed by atoms with Crippen LogP contribution in [-0.2, 0) is 0 Å². The molecule has 0 saturated heterocycles. The van der Waals surface area contributed by atoms with Crippen molar-refractivity contribution in [2.45, 2.75) is 0 Å². The lowest BCUT2D eigenvalue weighted by molar-refractivity contribution is 0.111. The highest BCUT2D eigenvalue weighted by Crippen LogP contribution is 2.31. The molecular weight excluding hydrogens is 272 g/mol. The number of carbonyl (C=O) groups is 1. The molecule has 0 aliphatic heterocycles. The van der Waals surface area contributed by atoms with Crippen LogP contribution in [0.3, 0.4) is 0 Å². The highest BCUT2D eigenvalue weighted by molar-refractivity contribution is 6.40. The molecule has 16 heavy (non-hydrogen) atoms. The van der Waals surface area contributed by atoms with Crippen LogP contribution >= 0.6 is 34.8 Å². The van der Waals surface area contributed by atoms with Crippen molar-refractivity contribution in [3.63, 3.8) is 0 Å². The van der Waals surface area contributed by atoms with Crippen LogP contribution in [0.2, 0.25) is 15.1 Å². The molecule has 0 atom stereocenters. The molecule has 2 rings (SSSR count). The van der Waals surface area contributed by atoms with Crippen LogP contribution in [0.15, 0.2) is 18.3 Å². The summed E-state index contributed by atoms with van der Waals surface area (Å²) in [7, 11) is 0. The van der Waals surface area contributed by atoms with Crippen LogP contribution in [0.25, 0.3) is 5.69 Å². The molecule has 7 heteroatoms. The van der Waals surface area contributed by atoms with Crippen molar-refractivity contribution >= 4 is 41.1 Å². The summed E-state index contributed by atoms with van der Waals surface area (Å²) >= 11 is 17.7. The molecule has 0 aliphatic rings. The summed E-state index contributed by atoms with van der Waals surface area (Å²) < 4.78 is 0. The summed E-state index contributed by atoms with van der Waals surface area (Å²) in [6, 6.07) is 3.04. The Morgan fingerprint density at radius 1 is 1.19 bits per heavy atom. The second-order valence-corrected chi connectivity index (χ2v) is 4.15. The van der Waals surface area contributed by atoms with Gasteiger partial charge in [0.25, 0.3) is 0 Å². The maximum atomic E-state index is 10.5. The molecule has 0 spiro atoms. The SMILES string of the molecule is O=Cc1cnn(-c2c(Cl)cc(Cl)cc2Cl)n1. The van der Waals surface area contributed by atoms with Gasteiger partial charge in [0, 0.05) is 5.02 Å². The number of nitrogens with zero attached hydrogens (tertiary/aromatic N) is 3. The molecule has 2 aromatic rings. The van der Waals surface area contributed by atoms with E-state index in [1.807, 2.05) is 0 Å². The zero-order valence-corrected chi connectivity index (χ0v) is 9.96. The molecule has 0 unspecified atom stereocenters. The lowest BCUT2D eigenvalue weighted by Crippen LogP contribution is -2.01. The molecule has 0 aliphatic carbocycles. The van der Waals surface area contributed by atoms with Crippen molar-refractivity contribution < 1.29 is 4.79 Å². The highest BCUT2D eigenvalue weighted by Gasteiger charge is 2.12. The number of rotatable bonds is 2. The first kappa shape index (κ1) is 11.4. The van der Waals surface area contributed by atoms with Gasteiger partial charge in [-0.1, -0.05) is 34.8 Å². The number of aldehydes is 1. The first-order valence-corrected chi connectivity index (χ1v) is 5.27. The predicted molar refractivity (Wildman–Crippen MR) is 61.8 cm³/mol. The van der Waals surface area contributed by atoms with E-state index in [4.69, 9.17) is 34.8 Å². The fraction of sp³-hybridized carbons (Fsp3) is 0. The zero-order chi connectivity index (χ0) is 11.7. The Morgan fingerprint density at radius 3 is 2.31 bits per heavy atom. The summed E-state index contributed by atoms with van der Waals surface area (Å²) in [5.74, 6) is 0.